The Hall–Kier alpha value is -2.19. The van der Waals surface area contributed by atoms with Crippen molar-refractivity contribution in [3.63, 3.8) is 0 Å². The molecule has 4 fully saturated rings. The van der Waals surface area contributed by atoms with Gasteiger partial charge in [0.25, 0.3) is 0 Å². The van der Waals surface area contributed by atoms with E-state index in [0.717, 1.165) is 12.8 Å². The van der Waals surface area contributed by atoms with Gasteiger partial charge in [0.05, 0.1) is 12.5 Å². The van der Waals surface area contributed by atoms with E-state index in [4.69, 9.17) is 4.74 Å². The maximum atomic E-state index is 14.7. The first kappa shape index (κ1) is 32.7. The third-order valence-corrected chi connectivity index (χ3v) is 9.96. The highest BCUT2D eigenvalue weighted by Crippen LogP contribution is 2.65. The number of Topliss-reactive ketones (excluding diaryl/α,β-unsaturated/α-hetero) is 3. The van der Waals surface area contributed by atoms with Gasteiger partial charge in [0.15, 0.2) is 11.6 Å². The largest absolute Gasteiger partial charge is 0.460 e. The summed E-state index contributed by atoms with van der Waals surface area (Å²) in [6.07, 6.45) is 2.58. The van der Waals surface area contributed by atoms with Gasteiger partial charge in [-0.1, -0.05) is 26.7 Å². The molecular formula is C33H49F2NO6. The van der Waals surface area contributed by atoms with Crippen LogP contribution >= 0.6 is 0 Å². The lowest BCUT2D eigenvalue weighted by Gasteiger charge is -2.34. The Labute approximate surface area is 248 Å². The molecular weight excluding hydrogens is 544 g/mol. The van der Waals surface area contributed by atoms with Crippen LogP contribution in [0.3, 0.4) is 0 Å². The molecule has 7 nitrogen and oxygen atoms in total. The molecule has 2 aliphatic carbocycles. The molecule has 0 N–H and O–H groups in total. The van der Waals surface area contributed by atoms with Gasteiger partial charge in [-0.15, -0.1) is 0 Å². The van der Waals surface area contributed by atoms with Crippen LogP contribution in [0, 0.1) is 35.0 Å². The second-order valence-electron chi connectivity index (χ2n) is 15.0. The zero-order valence-electron chi connectivity index (χ0n) is 26.0. The molecule has 9 heteroatoms. The van der Waals surface area contributed by atoms with E-state index in [2.05, 4.69) is 13.8 Å². The fourth-order valence-corrected chi connectivity index (χ4v) is 7.29. The number of ether oxygens (including phenoxy) is 1. The zero-order chi connectivity index (χ0) is 31.0. The molecule has 5 atom stereocenters. The molecule has 0 aromatic carbocycles. The van der Waals surface area contributed by atoms with E-state index >= 15 is 0 Å². The number of ketones is 3. The van der Waals surface area contributed by atoms with Crippen molar-refractivity contribution in [1.82, 2.24) is 4.90 Å². The number of carbonyl (C=O) groups excluding carboxylic acids is 5. The lowest BCUT2D eigenvalue weighted by molar-refractivity contribution is -0.159. The molecule has 2 aliphatic heterocycles. The maximum Gasteiger partial charge on any atom is 0.307 e. The van der Waals surface area contributed by atoms with Crippen LogP contribution in [0.25, 0.3) is 0 Å². The van der Waals surface area contributed by atoms with E-state index in [0.29, 0.717) is 19.4 Å². The van der Waals surface area contributed by atoms with Crippen molar-refractivity contribution in [3.05, 3.63) is 0 Å². The number of halogens is 2. The van der Waals surface area contributed by atoms with Crippen molar-refractivity contribution in [2.75, 3.05) is 6.54 Å². The average molecular weight is 594 g/mol. The van der Waals surface area contributed by atoms with Gasteiger partial charge in [0, 0.05) is 44.1 Å². The first-order valence-electron chi connectivity index (χ1n) is 16.0. The number of hydrogen-bond acceptors (Lipinski definition) is 6. The van der Waals surface area contributed by atoms with Gasteiger partial charge >= 0.3 is 5.97 Å². The molecule has 42 heavy (non-hydrogen) atoms. The van der Waals surface area contributed by atoms with Crippen LogP contribution in [-0.4, -0.2) is 58.2 Å². The number of hydrogen-bond donors (Lipinski definition) is 0. The predicted molar refractivity (Wildman–Crippen MR) is 153 cm³/mol. The number of fused-ring (bicyclic) bond motifs is 3. The summed E-state index contributed by atoms with van der Waals surface area (Å²) in [5.74, 6) is -6.38. The minimum absolute atomic E-state index is 0.0494. The van der Waals surface area contributed by atoms with Crippen molar-refractivity contribution in [2.24, 2.45) is 35.0 Å². The van der Waals surface area contributed by atoms with Gasteiger partial charge in [-0.3, -0.25) is 24.0 Å². The van der Waals surface area contributed by atoms with E-state index in [9.17, 15) is 32.8 Å². The minimum atomic E-state index is -2.88. The molecule has 2 heterocycles. The van der Waals surface area contributed by atoms with Crippen LogP contribution in [0.5, 0.6) is 0 Å². The molecule has 0 radical (unpaired) electrons. The lowest BCUT2D eigenvalue weighted by Crippen LogP contribution is -2.49. The monoisotopic (exact) mass is 593 g/mol. The molecule has 0 aromatic heterocycles. The predicted octanol–water partition coefficient (Wildman–Crippen LogP) is 6.10. The Kier molecular flexibility index (Phi) is 9.68. The fourth-order valence-electron chi connectivity index (χ4n) is 7.29. The Bertz CT molecular complexity index is 1070. The maximum absolute atomic E-state index is 14.7. The summed E-state index contributed by atoms with van der Waals surface area (Å²) in [6, 6.07) is -0.718. The van der Waals surface area contributed by atoms with Crippen LogP contribution in [0.15, 0.2) is 0 Å². The summed E-state index contributed by atoms with van der Waals surface area (Å²) in [5, 5.41) is 0. The molecule has 1 amide bonds. The Balaban J connectivity index is 1.59. The van der Waals surface area contributed by atoms with Crippen molar-refractivity contribution >= 4 is 29.2 Å². The van der Waals surface area contributed by atoms with Crippen molar-refractivity contribution in [1.29, 1.82) is 0 Å². The summed E-state index contributed by atoms with van der Waals surface area (Å²) in [6.45, 7) is 9.77. The summed E-state index contributed by atoms with van der Waals surface area (Å²) in [4.78, 5) is 68.4. The standard InChI is InChI=1S/C33H49F2NO6/c1-31(2,3)42-26(39)18-22-11-7-9-15-33(34,35)14-8-6-10-21(29(40)25(38)16-20-12-13-20)17-24(37)28-27-23(32(27,4)5)19-36(28)30(22)41/h20-23,27-28H,6-19H2,1-5H3/t21-,22-,23+,27+,28-/m1/s1. The topological polar surface area (TPSA) is 97.8 Å². The van der Waals surface area contributed by atoms with E-state index in [-0.39, 0.29) is 92.6 Å². The van der Waals surface area contributed by atoms with Crippen LogP contribution in [0.1, 0.15) is 118 Å². The number of alkyl halides is 2. The highest BCUT2D eigenvalue weighted by Gasteiger charge is 2.69. The average Bonchev–Trinajstić information content (AvgIpc) is 3.72. The van der Waals surface area contributed by atoms with Crippen molar-refractivity contribution < 1.29 is 37.5 Å². The second-order valence-corrected chi connectivity index (χ2v) is 15.0. The van der Waals surface area contributed by atoms with E-state index in [1.54, 1.807) is 25.7 Å². The first-order chi connectivity index (χ1) is 19.5. The van der Waals surface area contributed by atoms with Crippen LogP contribution in [0.2, 0.25) is 0 Å². The normalized spacial score (nSPS) is 32.1. The minimum Gasteiger partial charge on any atom is -0.460 e. The van der Waals surface area contributed by atoms with Gasteiger partial charge in [0.1, 0.15) is 5.60 Å². The number of esters is 1. The van der Waals surface area contributed by atoms with Gasteiger partial charge in [-0.25, -0.2) is 8.78 Å². The highest BCUT2D eigenvalue weighted by molar-refractivity contribution is 6.38. The number of carbonyl (C=O) groups is 5. The molecule has 236 valence electrons. The first-order valence-corrected chi connectivity index (χ1v) is 16.0. The van der Waals surface area contributed by atoms with E-state index < -0.39 is 46.9 Å². The molecule has 2 saturated heterocycles. The second kappa shape index (κ2) is 12.4. The number of nitrogens with zero attached hydrogens (tertiary/aromatic N) is 1. The third kappa shape index (κ3) is 8.04. The van der Waals surface area contributed by atoms with Crippen molar-refractivity contribution in [3.8, 4) is 0 Å². The lowest BCUT2D eigenvalue weighted by atomic mass is 9.84. The number of rotatable bonds is 6. The smallest absolute Gasteiger partial charge is 0.307 e. The fraction of sp³-hybridized carbons (Fsp3) is 0.848. The van der Waals surface area contributed by atoms with E-state index in [1.165, 1.54) is 0 Å². The van der Waals surface area contributed by atoms with Crippen LogP contribution < -0.4 is 0 Å². The number of amides is 1. The summed E-state index contributed by atoms with van der Waals surface area (Å²) >= 11 is 0. The summed E-state index contributed by atoms with van der Waals surface area (Å²) < 4.78 is 34.8. The highest BCUT2D eigenvalue weighted by atomic mass is 19.3. The molecule has 0 spiro atoms. The quantitative estimate of drug-likeness (QED) is 0.273. The molecule has 0 aromatic rings. The number of piperidine rings is 1. The van der Waals surface area contributed by atoms with Crippen LogP contribution in [-0.2, 0) is 28.7 Å². The van der Waals surface area contributed by atoms with Gasteiger partial charge in [-0.2, -0.15) is 0 Å². The summed E-state index contributed by atoms with van der Waals surface area (Å²) in [5.41, 5.74) is -0.873. The van der Waals surface area contributed by atoms with Crippen molar-refractivity contribution in [2.45, 2.75) is 136 Å². The SMILES string of the molecule is CC(C)(C)OC(=O)C[C@H]1CCCCC(F)(F)CCCC[C@@H](C(=O)C(=O)CC2CC2)CC(=O)[C@@H]2[C@@H]3[C@H](CN2C1=O)C3(C)C. The molecule has 4 aliphatic rings. The molecule has 4 rings (SSSR count). The molecule has 0 unspecified atom stereocenters. The summed E-state index contributed by atoms with van der Waals surface area (Å²) in [7, 11) is 0. The van der Waals surface area contributed by atoms with Gasteiger partial charge in [-0.05, 0) is 82.5 Å². The Morgan fingerprint density at radius 3 is 2.14 bits per heavy atom. The van der Waals surface area contributed by atoms with Crippen LogP contribution in [0.4, 0.5) is 8.78 Å². The zero-order valence-corrected chi connectivity index (χ0v) is 26.0. The Morgan fingerprint density at radius 1 is 0.929 bits per heavy atom. The Morgan fingerprint density at radius 2 is 1.55 bits per heavy atom. The molecule has 2 saturated carbocycles. The van der Waals surface area contributed by atoms with Gasteiger partial charge in [0.2, 0.25) is 17.6 Å². The third-order valence-electron chi connectivity index (χ3n) is 9.96. The van der Waals surface area contributed by atoms with Gasteiger partial charge < -0.3 is 9.64 Å². The van der Waals surface area contributed by atoms with E-state index in [1.807, 2.05) is 0 Å². The molecule has 0 bridgehead atoms.